The molecule has 1 aliphatic rings. The molecule has 8 nitrogen and oxygen atoms in total. The quantitative estimate of drug-likeness (QED) is 0.367. The Labute approximate surface area is 221 Å². The monoisotopic (exact) mass is 513 g/mol. The molecule has 0 saturated heterocycles. The smallest absolute Gasteiger partial charge is 0.254 e. The molecule has 196 valence electrons. The lowest BCUT2D eigenvalue weighted by Crippen LogP contribution is -2.47. The standard InChI is InChI=1S/C30H31N3O5/c1-32-18-23(20-9-7-8-12-25(20)32)28-27(29(34)31-24-14-13-19(37-3)17-26(24)38-4)21-10-5-6-11-22(21)30(35)33(28)15-16-36-2/h5-14,17-18,27-28H,15-16H2,1-4H3,(H,31,34)/t27-,28+/m1/s1. The maximum absolute atomic E-state index is 14.2. The van der Waals surface area contributed by atoms with E-state index < -0.39 is 12.0 Å². The van der Waals surface area contributed by atoms with Gasteiger partial charge < -0.3 is 29.0 Å². The first-order valence-corrected chi connectivity index (χ1v) is 12.4. The minimum Gasteiger partial charge on any atom is -0.497 e. The third kappa shape index (κ3) is 4.37. The number of aromatic nitrogens is 1. The van der Waals surface area contributed by atoms with Gasteiger partial charge in [-0.2, -0.15) is 0 Å². The third-order valence-electron chi connectivity index (χ3n) is 7.17. The Kier molecular flexibility index (Phi) is 7.07. The molecule has 3 aromatic carbocycles. The summed E-state index contributed by atoms with van der Waals surface area (Å²) >= 11 is 0. The molecule has 1 aliphatic heterocycles. The second kappa shape index (κ2) is 10.6. The number of nitrogens with one attached hydrogen (secondary N) is 1. The van der Waals surface area contributed by atoms with Crippen molar-refractivity contribution in [1.82, 2.24) is 9.47 Å². The highest BCUT2D eigenvalue weighted by atomic mass is 16.5. The Bertz CT molecular complexity index is 1490. The second-order valence-electron chi connectivity index (χ2n) is 9.27. The average Bonchev–Trinajstić information content (AvgIpc) is 3.28. The van der Waals surface area contributed by atoms with Crippen molar-refractivity contribution in [3.63, 3.8) is 0 Å². The van der Waals surface area contributed by atoms with Crippen molar-refractivity contribution in [2.75, 3.05) is 39.8 Å². The number of hydrogen-bond donors (Lipinski definition) is 1. The van der Waals surface area contributed by atoms with Crippen LogP contribution in [0.3, 0.4) is 0 Å². The molecule has 0 fully saturated rings. The van der Waals surface area contributed by atoms with Crippen LogP contribution in [-0.2, 0) is 16.6 Å². The van der Waals surface area contributed by atoms with E-state index in [4.69, 9.17) is 14.2 Å². The number of amides is 2. The normalized spacial score (nSPS) is 16.8. The second-order valence-corrected chi connectivity index (χ2v) is 9.27. The van der Waals surface area contributed by atoms with Crippen LogP contribution in [0.15, 0.2) is 72.9 Å². The first-order chi connectivity index (χ1) is 18.5. The summed E-state index contributed by atoms with van der Waals surface area (Å²) < 4.78 is 18.2. The highest BCUT2D eigenvalue weighted by Gasteiger charge is 2.45. The van der Waals surface area contributed by atoms with Gasteiger partial charge in [0.25, 0.3) is 5.91 Å². The number of fused-ring (bicyclic) bond motifs is 2. The summed E-state index contributed by atoms with van der Waals surface area (Å²) in [5, 5.41) is 4.07. The number of ether oxygens (including phenoxy) is 3. The van der Waals surface area contributed by atoms with Gasteiger partial charge in [0.15, 0.2) is 0 Å². The average molecular weight is 514 g/mol. The molecule has 2 atom stereocenters. The van der Waals surface area contributed by atoms with Gasteiger partial charge in [0.05, 0.1) is 38.5 Å². The molecular formula is C30H31N3O5. The fourth-order valence-electron chi connectivity index (χ4n) is 5.38. The van der Waals surface area contributed by atoms with Gasteiger partial charge in [-0.1, -0.05) is 36.4 Å². The molecule has 0 saturated carbocycles. The Hall–Kier alpha value is -4.30. The van der Waals surface area contributed by atoms with Crippen LogP contribution in [0.2, 0.25) is 0 Å². The van der Waals surface area contributed by atoms with Crippen LogP contribution in [0.25, 0.3) is 10.9 Å². The molecule has 0 aliphatic carbocycles. The number of anilines is 1. The van der Waals surface area contributed by atoms with Crippen LogP contribution in [0.1, 0.15) is 33.4 Å². The van der Waals surface area contributed by atoms with Gasteiger partial charge in [-0.15, -0.1) is 0 Å². The maximum atomic E-state index is 14.2. The van der Waals surface area contributed by atoms with Crippen LogP contribution in [-0.4, -0.2) is 55.8 Å². The number of hydrogen-bond acceptors (Lipinski definition) is 5. The highest BCUT2D eigenvalue weighted by Crippen LogP contribution is 2.46. The largest absolute Gasteiger partial charge is 0.497 e. The Morgan fingerprint density at radius 2 is 1.71 bits per heavy atom. The lowest BCUT2D eigenvalue weighted by atomic mass is 9.79. The summed E-state index contributed by atoms with van der Waals surface area (Å²) in [6.07, 6.45) is 2.02. The maximum Gasteiger partial charge on any atom is 0.254 e. The van der Waals surface area contributed by atoms with Crippen molar-refractivity contribution in [2.24, 2.45) is 7.05 Å². The van der Waals surface area contributed by atoms with Crippen LogP contribution in [0.5, 0.6) is 11.5 Å². The number of benzene rings is 3. The van der Waals surface area contributed by atoms with Gasteiger partial charge in [0.2, 0.25) is 5.91 Å². The fraction of sp³-hybridized carbons (Fsp3) is 0.267. The Morgan fingerprint density at radius 3 is 2.47 bits per heavy atom. The molecular weight excluding hydrogens is 482 g/mol. The van der Waals surface area contributed by atoms with E-state index in [0.29, 0.717) is 41.5 Å². The van der Waals surface area contributed by atoms with Gasteiger partial charge in [-0.25, -0.2) is 0 Å². The van der Waals surface area contributed by atoms with Crippen LogP contribution >= 0.6 is 0 Å². The van der Waals surface area contributed by atoms with E-state index in [1.807, 2.05) is 60.3 Å². The number of rotatable bonds is 8. The van der Waals surface area contributed by atoms with Crippen LogP contribution < -0.4 is 14.8 Å². The molecule has 2 heterocycles. The topological polar surface area (TPSA) is 82.0 Å². The molecule has 0 unspecified atom stereocenters. The Balaban J connectivity index is 1.68. The number of carbonyl (C=O) groups excluding carboxylic acids is 2. The summed E-state index contributed by atoms with van der Waals surface area (Å²) in [5.74, 6) is 0.0532. The fourth-order valence-corrected chi connectivity index (χ4v) is 5.38. The zero-order chi connectivity index (χ0) is 26.8. The SMILES string of the molecule is COCCN1C(=O)c2ccccc2[C@@H](C(=O)Nc2ccc(OC)cc2OC)[C@@H]1c1cn(C)c2ccccc12. The molecule has 0 spiro atoms. The van der Waals surface area contributed by atoms with E-state index in [1.54, 1.807) is 50.5 Å². The summed E-state index contributed by atoms with van der Waals surface area (Å²) in [7, 11) is 6.70. The number of para-hydroxylation sites is 1. The van der Waals surface area contributed by atoms with Gasteiger partial charge >= 0.3 is 0 Å². The summed E-state index contributed by atoms with van der Waals surface area (Å²) in [4.78, 5) is 29.8. The Morgan fingerprint density at radius 1 is 0.947 bits per heavy atom. The molecule has 4 aromatic rings. The molecule has 8 heteroatoms. The van der Waals surface area contributed by atoms with E-state index in [0.717, 1.165) is 16.5 Å². The van der Waals surface area contributed by atoms with Gasteiger partial charge in [-0.3, -0.25) is 9.59 Å². The summed E-state index contributed by atoms with van der Waals surface area (Å²) in [6.45, 7) is 0.684. The third-order valence-corrected chi connectivity index (χ3v) is 7.17. The van der Waals surface area contributed by atoms with Gasteiger partial charge in [-0.05, 0) is 29.8 Å². The number of carbonyl (C=O) groups is 2. The highest BCUT2D eigenvalue weighted by molar-refractivity contribution is 6.05. The molecule has 0 bridgehead atoms. The molecule has 38 heavy (non-hydrogen) atoms. The minimum absolute atomic E-state index is 0.123. The predicted octanol–water partition coefficient (Wildman–Crippen LogP) is 4.76. The molecule has 1 N–H and O–H groups in total. The van der Waals surface area contributed by atoms with E-state index in [-0.39, 0.29) is 11.8 Å². The van der Waals surface area contributed by atoms with E-state index >= 15 is 0 Å². The van der Waals surface area contributed by atoms with E-state index in [1.165, 1.54) is 0 Å². The van der Waals surface area contributed by atoms with Crippen molar-refractivity contribution >= 4 is 28.4 Å². The number of nitrogens with zero attached hydrogens (tertiary/aromatic N) is 2. The molecule has 0 radical (unpaired) electrons. The first-order valence-electron chi connectivity index (χ1n) is 12.4. The molecule has 1 aromatic heterocycles. The van der Waals surface area contributed by atoms with Gasteiger partial charge in [0, 0.05) is 55.0 Å². The zero-order valence-corrected chi connectivity index (χ0v) is 21.9. The first kappa shape index (κ1) is 25.4. The predicted molar refractivity (Wildman–Crippen MR) is 146 cm³/mol. The lowest BCUT2D eigenvalue weighted by molar-refractivity contribution is -0.119. The minimum atomic E-state index is -0.682. The number of aryl methyl sites for hydroxylation is 1. The van der Waals surface area contributed by atoms with Crippen molar-refractivity contribution < 1.29 is 23.8 Å². The van der Waals surface area contributed by atoms with Crippen LogP contribution in [0, 0.1) is 0 Å². The molecule has 5 rings (SSSR count). The van der Waals surface area contributed by atoms with Gasteiger partial charge in [0.1, 0.15) is 11.5 Å². The van der Waals surface area contributed by atoms with E-state index in [2.05, 4.69) is 5.32 Å². The van der Waals surface area contributed by atoms with Crippen molar-refractivity contribution in [2.45, 2.75) is 12.0 Å². The number of methoxy groups -OCH3 is 3. The molecule has 2 amide bonds. The zero-order valence-electron chi connectivity index (χ0n) is 21.9. The van der Waals surface area contributed by atoms with Crippen molar-refractivity contribution in [3.8, 4) is 11.5 Å². The van der Waals surface area contributed by atoms with Crippen LogP contribution in [0.4, 0.5) is 5.69 Å². The van der Waals surface area contributed by atoms with Crippen molar-refractivity contribution in [3.05, 3.63) is 89.6 Å². The van der Waals surface area contributed by atoms with E-state index in [9.17, 15) is 9.59 Å². The van der Waals surface area contributed by atoms with Crippen molar-refractivity contribution in [1.29, 1.82) is 0 Å². The lowest BCUT2D eigenvalue weighted by Gasteiger charge is -2.41. The summed E-state index contributed by atoms with van der Waals surface area (Å²) in [5.41, 5.74) is 3.66. The summed E-state index contributed by atoms with van der Waals surface area (Å²) in [6, 6.07) is 20.1.